The lowest BCUT2D eigenvalue weighted by molar-refractivity contribution is -0.122. The average Bonchev–Trinajstić information content (AvgIpc) is 3.19. The van der Waals surface area contributed by atoms with Crippen molar-refractivity contribution in [3.63, 3.8) is 0 Å². The van der Waals surface area contributed by atoms with Crippen LogP contribution in [0.2, 0.25) is 0 Å². The molecule has 1 aliphatic heterocycles. The number of nitrogens with one attached hydrogen (secondary N) is 2. The van der Waals surface area contributed by atoms with E-state index in [9.17, 15) is 4.79 Å². The van der Waals surface area contributed by atoms with Crippen LogP contribution in [0.4, 0.5) is 0 Å². The van der Waals surface area contributed by atoms with Gasteiger partial charge in [-0.25, -0.2) is 4.98 Å². The maximum atomic E-state index is 12.4. The van der Waals surface area contributed by atoms with Gasteiger partial charge in [0.2, 0.25) is 5.91 Å². The molecular weight excluding hydrogens is 302 g/mol. The van der Waals surface area contributed by atoms with Gasteiger partial charge in [0.15, 0.2) is 11.5 Å². The molecule has 3 atom stereocenters. The Morgan fingerprint density at radius 2 is 2.25 bits per heavy atom. The number of amides is 1. The highest BCUT2D eigenvalue weighted by Crippen LogP contribution is 2.33. The molecule has 0 bridgehead atoms. The fourth-order valence-corrected chi connectivity index (χ4v) is 4.18. The van der Waals surface area contributed by atoms with Gasteiger partial charge in [-0.3, -0.25) is 4.79 Å². The summed E-state index contributed by atoms with van der Waals surface area (Å²) in [6.07, 6.45) is 6.70. The van der Waals surface area contributed by atoms with Crippen LogP contribution in [0.15, 0.2) is 22.6 Å². The molecule has 1 amide bonds. The predicted octanol–water partition coefficient (Wildman–Crippen LogP) is 2.72. The molecule has 5 nitrogen and oxygen atoms in total. The number of para-hydroxylation sites is 1. The molecule has 1 aromatic carbocycles. The molecule has 1 aliphatic carbocycles. The summed E-state index contributed by atoms with van der Waals surface area (Å²) >= 11 is 0. The summed E-state index contributed by atoms with van der Waals surface area (Å²) in [6, 6.07) is 6.46. The zero-order valence-corrected chi connectivity index (χ0v) is 14.2. The van der Waals surface area contributed by atoms with Crippen molar-refractivity contribution in [2.24, 2.45) is 5.92 Å². The lowest BCUT2D eigenvalue weighted by Crippen LogP contribution is -2.43. The van der Waals surface area contributed by atoms with E-state index in [4.69, 9.17) is 4.42 Å². The van der Waals surface area contributed by atoms with Crippen LogP contribution in [0.1, 0.15) is 43.6 Å². The first-order chi connectivity index (χ1) is 11.7. The number of aromatic nitrogens is 1. The van der Waals surface area contributed by atoms with Crippen LogP contribution in [0, 0.1) is 12.8 Å². The molecule has 0 radical (unpaired) electrons. The van der Waals surface area contributed by atoms with Gasteiger partial charge in [-0.1, -0.05) is 25.0 Å². The van der Waals surface area contributed by atoms with Crippen molar-refractivity contribution in [2.75, 3.05) is 6.54 Å². The zero-order valence-electron chi connectivity index (χ0n) is 14.2. The normalized spacial score (nSPS) is 26.5. The van der Waals surface area contributed by atoms with Gasteiger partial charge in [-0.05, 0) is 43.7 Å². The van der Waals surface area contributed by atoms with Crippen molar-refractivity contribution < 1.29 is 9.21 Å². The van der Waals surface area contributed by atoms with Gasteiger partial charge in [0, 0.05) is 19.0 Å². The Hall–Kier alpha value is -1.88. The lowest BCUT2D eigenvalue weighted by atomic mass is 9.85. The monoisotopic (exact) mass is 327 g/mol. The molecule has 2 N–H and O–H groups in total. The maximum Gasteiger partial charge on any atom is 0.237 e. The van der Waals surface area contributed by atoms with Gasteiger partial charge >= 0.3 is 0 Å². The van der Waals surface area contributed by atoms with E-state index in [1.54, 1.807) is 0 Å². The number of aryl methyl sites for hydroxylation is 1. The van der Waals surface area contributed by atoms with E-state index in [1.807, 2.05) is 25.1 Å². The Bertz CT molecular complexity index is 725. The fourth-order valence-electron chi connectivity index (χ4n) is 4.18. The molecule has 24 heavy (non-hydrogen) atoms. The first kappa shape index (κ1) is 15.6. The molecule has 2 fully saturated rings. The van der Waals surface area contributed by atoms with E-state index < -0.39 is 0 Å². The first-order valence-electron chi connectivity index (χ1n) is 9.09. The van der Waals surface area contributed by atoms with E-state index in [2.05, 4.69) is 15.6 Å². The van der Waals surface area contributed by atoms with Crippen LogP contribution >= 0.6 is 0 Å². The standard InChI is InChI=1S/C19H25N3O2/c1-12-5-4-8-16-18(12)22-17(24-16)9-10-20-19(23)15-11-13-6-2-3-7-14(13)21-15/h4-5,8,13-15,21H,2-3,6-7,9-11H2,1H3,(H,20,23). The highest BCUT2D eigenvalue weighted by molar-refractivity contribution is 5.82. The predicted molar refractivity (Wildman–Crippen MR) is 92.7 cm³/mol. The third-order valence-electron chi connectivity index (χ3n) is 5.48. The Kier molecular flexibility index (Phi) is 4.27. The summed E-state index contributed by atoms with van der Waals surface area (Å²) in [7, 11) is 0. The number of benzene rings is 1. The van der Waals surface area contributed by atoms with Crippen LogP contribution < -0.4 is 10.6 Å². The van der Waals surface area contributed by atoms with Crippen molar-refractivity contribution in [1.82, 2.24) is 15.6 Å². The van der Waals surface area contributed by atoms with Crippen LogP contribution in [0.3, 0.4) is 0 Å². The Morgan fingerprint density at radius 1 is 1.38 bits per heavy atom. The number of hydrogen-bond donors (Lipinski definition) is 2. The van der Waals surface area contributed by atoms with Crippen LogP contribution in [0.25, 0.3) is 11.1 Å². The van der Waals surface area contributed by atoms with Gasteiger partial charge in [0.05, 0.1) is 6.04 Å². The van der Waals surface area contributed by atoms with Gasteiger partial charge in [0.25, 0.3) is 0 Å². The summed E-state index contributed by atoms with van der Waals surface area (Å²) in [5.74, 6) is 1.50. The first-order valence-corrected chi connectivity index (χ1v) is 9.09. The third-order valence-corrected chi connectivity index (χ3v) is 5.48. The Labute approximate surface area is 142 Å². The van der Waals surface area contributed by atoms with Gasteiger partial charge in [0.1, 0.15) is 5.52 Å². The van der Waals surface area contributed by atoms with Gasteiger partial charge < -0.3 is 15.1 Å². The molecule has 2 aromatic rings. The number of oxazole rings is 1. The van der Waals surface area contributed by atoms with Crippen molar-refractivity contribution >= 4 is 17.0 Å². The van der Waals surface area contributed by atoms with Crippen molar-refractivity contribution in [2.45, 2.75) is 57.5 Å². The molecule has 1 saturated carbocycles. The van der Waals surface area contributed by atoms with E-state index >= 15 is 0 Å². The summed E-state index contributed by atoms with van der Waals surface area (Å²) in [6.45, 7) is 2.60. The number of rotatable bonds is 4. The minimum atomic E-state index is -0.0241. The van der Waals surface area contributed by atoms with Crippen LogP contribution in [0.5, 0.6) is 0 Å². The van der Waals surface area contributed by atoms with Crippen LogP contribution in [-0.4, -0.2) is 29.5 Å². The summed E-state index contributed by atoms with van der Waals surface area (Å²) < 4.78 is 5.76. The number of carbonyl (C=O) groups is 1. The molecule has 2 heterocycles. The Balaban J connectivity index is 1.30. The molecule has 3 unspecified atom stereocenters. The quantitative estimate of drug-likeness (QED) is 0.906. The fraction of sp³-hybridized carbons (Fsp3) is 0.579. The molecule has 0 spiro atoms. The second kappa shape index (κ2) is 6.55. The summed E-state index contributed by atoms with van der Waals surface area (Å²) in [4.78, 5) is 16.9. The number of fused-ring (bicyclic) bond motifs is 2. The molecule has 128 valence electrons. The minimum absolute atomic E-state index is 0.0241. The number of nitrogens with zero attached hydrogens (tertiary/aromatic N) is 1. The van der Waals surface area contributed by atoms with Crippen LogP contribution in [-0.2, 0) is 11.2 Å². The third kappa shape index (κ3) is 3.05. The molecule has 4 rings (SSSR count). The number of hydrogen-bond acceptors (Lipinski definition) is 4. The minimum Gasteiger partial charge on any atom is -0.441 e. The van der Waals surface area contributed by atoms with Crippen molar-refractivity contribution in [3.8, 4) is 0 Å². The topological polar surface area (TPSA) is 67.2 Å². The maximum absolute atomic E-state index is 12.4. The SMILES string of the molecule is Cc1cccc2oc(CCNC(=O)C3CC4CCCCC4N3)nc12. The zero-order chi connectivity index (χ0) is 16.5. The van der Waals surface area contributed by atoms with E-state index in [0.717, 1.165) is 23.1 Å². The summed E-state index contributed by atoms with van der Waals surface area (Å²) in [5.41, 5.74) is 2.85. The molecule has 5 heteroatoms. The highest BCUT2D eigenvalue weighted by Gasteiger charge is 2.37. The second-order valence-corrected chi connectivity index (χ2v) is 7.18. The smallest absolute Gasteiger partial charge is 0.237 e. The molecular formula is C19H25N3O2. The van der Waals surface area contributed by atoms with E-state index in [-0.39, 0.29) is 11.9 Å². The van der Waals surface area contributed by atoms with E-state index in [0.29, 0.717) is 30.8 Å². The number of carbonyl (C=O) groups excluding carboxylic acids is 1. The molecule has 2 aliphatic rings. The van der Waals surface area contributed by atoms with Gasteiger partial charge in [-0.15, -0.1) is 0 Å². The molecule has 1 aromatic heterocycles. The average molecular weight is 327 g/mol. The molecule has 1 saturated heterocycles. The highest BCUT2D eigenvalue weighted by atomic mass is 16.3. The van der Waals surface area contributed by atoms with Crippen molar-refractivity contribution in [3.05, 3.63) is 29.7 Å². The second-order valence-electron chi connectivity index (χ2n) is 7.18. The largest absolute Gasteiger partial charge is 0.441 e. The van der Waals surface area contributed by atoms with Crippen molar-refractivity contribution in [1.29, 1.82) is 0 Å². The lowest BCUT2D eigenvalue weighted by Gasteiger charge is -2.24. The Morgan fingerprint density at radius 3 is 3.08 bits per heavy atom. The summed E-state index contributed by atoms with van der Waals surface area (Å²) in [5, 5.41) is 6.56. The van der Waals surface area contributed by atoms with E-state index in [1.165, 1.54) is 25.7 Å². The van der Waals surface area contributed by atoms with Gasteiger partial charge in [-0.2, -0.15) is 0 Å².